The molecule has 1 aliphatic heterocycles. The molecule has 0 aliphatic carbocycles. The number of nitrogens with zero attached hydrogens (tertiary/aromatic N) is 2. The molecule has 2 heterocycles. The first-order valence-corrected chi connectivity index (χ1v) is 11.2. The summed E-state index contributed by atoms with van der Waals surface area (Å²) in [5, 5.41) is 0. The minimum absolute atomic E-state index is 0.0958. The lowest BCUT2D eigenvalue weighted by molar-refractivity contribution is -0.146. The molecule has 0 unspecified atom stereocenters. The predicted octanol–water partition coefficient (Wildman–Crippen LogP) is 3.49. The number of carbonyl (C=O) groups is 1. The highest BCUT2D eigenvalue weighted by molar-refractivity contribution is 5.76. The van der Waals surface area contributed by atoms with Gasteiger partial charge in [-0.1, -0.05) is 26.8 Å². The molecular weight excluding hydrogens is 394 g/mol. The Morgan fingerprint density at radius 1 is 1.26 bits per heavy atom. The molecule has 1 atom stereocenters. The lowest BCUT2D eigenvalue weighted by Crippen LogP contribution is -2.36. The predicted molar refractivity (Wildman–Crippen MR) is 120 cm³/mol. The van der Waals surface area contributed by atoms with Crippen molar-refractivity contribution in [2.45, 2.75) is 65.5 Å². The van der Waals surface area contributed by atoms with Gasteiger partial charge in [0.15, 0.2) is 0 Å². The first-order valence-electron chi connectivity index (χ1n) is 11.2. The summed E-state index contributed by atoms with van der Waals surface area (Å²) >= 11 is 0. The topological polar surface area (TPSA) is 84.5 Å². The molecule has 7 nitrogen and oxygen atoms in total. The zero-order valence-corrected chi connectivity index (χ0v) is 19.0. The molecule has 168 valence electrons. The van der Waals surface area contributed by atoms with Gasteiger partial charge in [0.25, 0.3) is 5.56 Å². The van der Waals surface area contributed by atoms with Crippen LogP contribution in [0.3, 0.4) is 0 Å². The number of rotatable bonds is 9. The fourth-order valence-electron chi connectivity index (χ4n) is 4.18. The molecule has 1 aliphatic rings. The van der Waals surface area contributed by atoms with Gasteiger partial charge in [0.2, 0.25) is 0 Å². The standard InChI is InChI=1S/C24H33N3O4/c1-5-13-31-21-11-10-16(15-27-12-8-9-20(27)24(29)30-4)14-18(21)22-25-19(7-3)17(6-2)23(28)26-22/h10-11,14,20H,5-9,12-13,15H2,1-4H3,(H,25,26,28)/t20-/m0/s1. The third-order valence-corrected chi connectivity index (χ3v) is 5.77. The fraction of sp³-hybridized carbons (Fsp3) is 0.542. The zero-order valence-electron chi connectivity index (χ0n) is 19.0. The zero-order chi connectivity index (χ0) is 22.4. The van der Waals surface area contributed by atoms with Crippen molar-refractivity contribution in [3.05, 3.63) is 45.4 Å². The van der Waals surface area contributed by atoms with Crippen molar-refractivity contribution in [2.24, 2.45) is 0 Å². The van der Waals surface area contributed by atoms with E-state index >= 15 is 0 Å². The third-order valence-electron chi connectivity index (χ3n) is 5.77. The van der Waals surface area contributed by atoms with Crippen LogP contribution in [0, 0.1) is 0 Å². The molecule has 1 N–H and O–H groups in total. The number of benzene rings is 1. The average molecular weight is 428 g/mol. The number of likely N-dealkylation sites (tertiary alicyclic amines) is 1. The summed E-state index contributed by atoms with van der Waals surface area (Å²) in [6, 6.07) is 5.75. The van der Waals surface area contributed by atoms with Crippen LogP contribution in [0.1, 0.15) is 56.9 Å². The van der Waals surface area contributed by atoms with E-state index in [0.717, 1.165) is 48.2 Å². The molecule has 31 heavy (non-hydrogen) atoms. The summed E-state index contributed by atoms with van der Waals surface area (Å²) < 4.78 is 10.9. The van der Waals surface area contributed by atoms with Gasteiger partial charge in [0, 0.05) is 12.1 Å². The van der Waals surface area contributed by atoms with Gasteiger partial charge >= 0.3 is 5.97 Å². The van der Waals surface area contributed by atoms with Gasteiger partial charge < -0.3 is 14.5 Å². The molecule has 0 spiro atoms. The van der Waals surface area contributed by atoms with E-state index in [1.165, 1.54) is 7.11 Å². The van der Waals surface area contributed by atoms with E-state index < -0.39 is 0 Å². The monoisotopic (exact) mass is 427 g/mol. The first-order chi connectivity index (χ1) is 15.0. The van der Waals surface area contributed by atoms with E-state index in [0.29, 0.717) is 37.6 Å². The van der Waals surface area contributed by atoms with Crippen LogP contribution in [0.5, 0.6) is 5.75 Å². The molecule has 0 saturated carbocycles. The maximum atomic E-state index is 12.7. The third kappa shape index (κ3) is 5.15. The molecular formula is C24H33N3O4. The van der Waals surface area contributed by atoms with Gasteiger partial charge in [-0.2, -0.15) is 0 Å². The fourth-order valence-corrected chi connectivity index (χ4v) is 4.18. The first kappa shape index (κ1) is 23.0. The van der Waals surface area contributed by atoms with Crippen molar-refractivity contribution in [2.75, 3.05) is 20.3 Å². The van der Waals surface area contributed by atoms with E-state index in [1.54, 1.807) is 0 Å². The van der Waals surface area contributed by atoms with Crippen LogP contribution in [-0.4, -0.2) is 47.1 Å². The summed E-state index contributed by atoms with van der Waals surface area (Å²) in [4.78, 5) is 34.6. The van der Waals surface area contributed by atoms with Gasteiger partial charge in [-0.15, -0.1) is 0 Å². The van der Waals surface area contributed by atoms with Crippen LogP contribution in [0.4, 0.5) is 0 Å². The van der Waals surface area contributed by atoms with E-state index in [4.69, 9.17) is 14.5 Å². The molecule has 3 rings (SSSR count). The second kappa shape index (κ2) is 10.6. The Morgan fingerprint density at radius 3 is 2.74 bits per heavy atom. The van der Waals surface area contributed by atoms with Crippen LogP contribution in [0.2, 0.25) is 0 Å². The number of aromatic nitrogens is 2. The second-order valence-electron chi connectivity index (χ2n) is 7.88. The summed E-state index contributed by atoms with van der Waals surface area (Å²) in [7, 11) is 1.43. The quantitative estimate of drug-likeness (QED) is 0.617. The number of hydrogen-bond donors (Lipinski definition) is 1. The molecule has 1 aromatic heterocycles. The lowest BCUT2D eigenvalue weighted by Gasteiger charge is -2.23. The minimum Gasteiger partial charge on any atom is -0.493 e. The molecule has 1 fully saturated rings. The van der Waals surface area contributed by atoms with Crippen molar-refractivity contribution in [3.8, 4) is 17.1 Å². The average Bonchev–Trinajstić information content (AvgIpc) is 3.25. The number of H-pyrrole nitrogens is 1. The van der Waals surface area contributed by atoms with Crippen LogP contribution >= 0.6 is 0 Å². The number of hydrogen-bond acceptors (Lipinski definition) is 6. The highest BCUT2D eigenvalue weighted by atomic mass is 16.5. The Kier molecular flexibility index (Phi) is 7.85. The van der Waals surface area contributed by atoms with Crippen LogP contribution in [0.25, 0.3) is 11.4 Å². The number of carbonyl (C=O) groups excluding carboxylic acids is 1. The molecule has 0 radical (unpaired) electrons. The van der Waals surface area contributed by atoms with Crippen LogP contribution in [0.15, 0.2) is 23.0 Å². The van der Waals surface area contributed by atoms with Gasteiger partial charge in [-0.3, -0.25) is 14.5 Å². The Balaban J connectivity index is 1.99. The van der Waals surface area contributed by atoms with Crippen molar-refractivity contribution < 1.29 is 14.3 Å². The highest BCUT2D eigenvalue weighted by Crippen LogP contribution is 2.31. The Hall–Kier alpha value is -2.67. The summed E-state index contributed by atoms with van der Waals surface area (Å²) in [5.41, 5.74) is 3.26. The van der Waals surface area contributed by atoms with Gasteiger partial charge in [-0.25, -0.2) is 4.98 Å². The number of esters is 1. The van der Waals surface area contributed by atoms with Crippen molar-refractivity contribution >= 4 is 5.97 Å². The molecule has 0 bridgehead atoms. The number of nitrogens with one attached hydrogen (secondary N) is 1. The highest BCUT2D eigenvalue weighted by Gasteiger charge is 2.31. The number of aromatic amines is 1. The van der Waals surface area contributed by atoms with Gasteiger partial charge in [0.05, 0.1) is 25.0 Å². The molecule has 1 saturated heterocycles. The van der Waals surface area contributed by atoms with Crippen LogP contribution in [-0.2, 0) is 28.9 Å². The molecule has 1 aromatic carbocycles. The smallest absolute Gasteiger partial charge is 0.323 e. The summed E-state index contributed by atoms with van der Waals surface area (Å²) in [5.74, 6) is 1.04. The van der Waals surface area contributed by atoms with Crippen molar-refractivity contribution in [1.82, 2.24) is 14.9 Å². The second-order valence-corrected chi connectivity index (χ2v) is 7.88. The summed E-state index contributed by atoms with van der Waals surface area (Å²) in [6.07, 6.45) is 4.01. The van der Waals surface area contributed by atoms with Crippen LogP contribution < -0.4 is 10.3 Å². The van der Waals surface area contributed by atoms with E-state index in [2.05, 4.69) is 16.8 Å². The maximum Gasteiger partial charge on any atom is 0.323 e. The molecule has 2 aromatic rings. The minimum atomic E-state index is -0.210. The molecule has 0 amide bonds. The normalized spacial score (nSPS) is 16.5. The van der Waals surface area contributed by atoms with E-state index in [1.807, 2.05) is 32.0 Å². The molecule has 7 heteroatoms. The van der Waals surface area contributed by atoms with Gasteiger partial charge in [0.1, 0.15) is 17.6 Å². The van der Waals surface area contributed by atoms with E-state index in [-0.39, 0.29) is 17.6 Å². The Morgan fingerprint density at radius 2 is 2.06 bits per heavy atom. The number of aryl methyl sites for hydroxylation is 1. The maximum absolute atomic E-state index is 12.7. The summed E-state index contributed by atoms with van der Waals surface area (Å²) in [6.45, 7) is 8.09. The Labute approximate surface area is 183 Å². The SMILES string of the molecule is CCCOc1ccc(CN2CCC[C@H]2C(=O)OC)cc1-c1nc(CC)c(CC)c(=O)[nH]1. The lowest BCUT2D eigenvalue weighted by atomic mass is 10.1. The number of methoxy groups -OCH3 is 1. The van der Waals surface area contributed by atoms with Crippen molar-refractivity contribution in [1.29, 1.82) is 0 Å². The largest absolute Gasteiger partial charge is 0.493 e. The number of ether oxygens (including phenoxy) is 2. The van der Waals surface area contributed by atoms with E-state index in [9.17, 15) is 9.59 Å². The Bertz CT molecular complexity index is 970. The van der Waals surface area contributed by atoms with Crippen molar-refractivity contribution in [3.63, 3.8) is 0 Å². The van der Waals surface area contributed by atoms with Gasteiger partial charge in [-0.05, 0) is 56.3 Å².